The maximum Gasteiger partial charge on any atom is 0.0718 e. The van der Waals surface area contributed by atoms with Crippen molar-refractivity contribution in [1.82, 2.24) is 9.78 Å². The Balaban J connectivity index is 3.63. The van der Waals surface area contributed by atoms with E-state index in [1.807, 2.05) is 0 Å². The molecule has 0 atom stereocenters. The molecule has 0 spiro atoms. The van der Waals surface area contributed by atoms with Crippen LogP contribution in [0.2, 0.25) is 0 Å². The van der Waals surface area contributed by atoms with E-state index in [9.17, 15) is 0 Å². The molecular formula is C16H30N2. The Morgan fingerprint density at radius 3 is 1.44 bits per heavy atom. The van der Waals surface area contributed by atoms with E-state index in [4.69, 9.17) is 5.10 Å². The molecule has 0 saturated heterocycles. The van der Waals surface area contributed by atoms with Gasteiger partial charge < -0.3 is 0 Å². The number of hydrogen-bond donors (Lipinski definition) is 0. The normalized spacial score (nSPS) is 14.1. The monoisotopic (exact) mass is 250 g/mol. The number of aromatic nitrogens is 2. The summed E-state index contributed by atoms with van der Waals surface area (Å²) < 4.78 is 2.19. The molecule has 0 saturated carbocycles. The van der Waals surface area contributed by atoms with E-state index in [-0.39, 0.29) is 16.4 Å². The smallest absolute Gasteiger partial charge is 0.0718 e. The van der Waals surface area contributed by atoms with E-state index in [2.05, 4.69) is 73.9 Å². The Morgan fingerprint density at radius 2 is 1.22 bits per heavy atom. The van der Waals surface area contributed by atoms with E-state index in [1.165, 1.54) is 17.0 Å². The van der Waals surface area contributed by atoms with Gasteiger partial charge in [0.25, 0.3) is 0 Å². The van der Waals surface area contributed by atoms with E-state index >= 15 is 0 Å². The van der Waals surface area contributed by atoms with Crippen LogP contribution >= 0.6 is 0 Å². The Kier molecular flexibility index (Phi) is 3.49. The predicted octanol–water partition coefficient (Wildman–Crippen LogP) is 4.54. The van der Waals surface area contributed by atoms with Gasteiger partial charge in [0.05, 0.1) is 11.2 Å². The number of hydrogen-bond acceptors (Lipinski definition) is 1. The quantitative estimate of drug-likeness (QED) is 0.661. The molecule has 2 nitrogen and oxygen atoms in total. The lowest BCUT2D eigenvalue weighted by Gasteiger charge is -2.26. The molecular weight excluding hydrogens is 220 g/mol. The second kappa shape index (κ2) is 4.11. The third-order valence-corrected chi connectivity index (χ3v) is 3.21. The highest BCUT2D eigenvalue weighted by Gasteiger charge is 2.33. The molecule has 0 aromatic carbocycles. The van der Waals surface area contributed by atoms with E-state index in [0.717, 1.165) is 0 Å². The van der Waals surface area contributed by atoms with Gasteiger partial charge in [-0.3, -0.25) is 4.68 Å². The molecule has 0 aliphatic heterocycles. The standard InChI is InChI=1S/C16H30N2/c1-11-12(14(2,3)4)13(15(5,6)7)17-18(11)16(8,9)10/h1-10H3. The fourth-order valence-electron chi connectivity index (χ4n) is 2.58. The molecule has 1 aromatic rings. The zero-order chi connectivity index (χ0) is 14.5. The summed E-state index contributed by atoms with van der Waals surface area (Å²) in [4.78, 5) is 0. The molecule has 0 N–H and O–H groups in total. The zero-order valence-electron chi connectivity index (χ0n) is 13.9. The first-order valence-electron chi connectivity index (χ1n) is 6.87. The van der Waals surface area contributed by atoms with Crippen LogP contribution in [0.5, 0.6) is 0 Å². The molecule has 18 heavy (non-hydrogen) atoms. The lowest BCUT2D eigenvalue weighted by Crippen LogP contribution is -2.25. The minimum atomic E-state index is 0.0353. The second-order valence-corrected chi connectivity index (χ2v) is 8.39. The summed E-state index contributed by atoms with van der Waals surface area (Å²) in [5, 5.41) is 4.94. The maximum absolute atomic E-state index is 4.94. The van der Waals surface area contributed by atoms with Crippen LogP contribution in [0, 0.1) is 6.92 Å². The third-order valence-electron chi connectivity index (χ3n) is 3.21. The SMILES string of the molecule is Cc1c(C(C)(C)C)c(C(C)(C)C)nn1C(C)(C)C. The van der Waals surface area contributed by atoms with Crippen molar-refractivity contribution in [3.05, 3.63) is 17.0 Å². The highest BCUT2D eigenvalue weighted by molar-refractivity contribution is 5.36. The average Bonchev–Trinajstić information content (AvgIpc) is 2.39. The van der Waals surface area contributed by atoms with Crippen molar-refractivity contribution in [1.29, 1.82) is 0 Å². The highest BCUT2D eigenvalue weighted by Crippen LogP contribution is 2.37. The zero-order valence-corrected chi connectivity index (χ0v) is 13.9. The first-order valence-corrected chi connectivity index (χ1v) is 6.87. The van der Waals surface area contributed by atoms with Crippen LogP contribution in [0.15, 0.2) is 0 Å². The fraction of sp³-hybridized carbons (Fsp3) is 0.812. The Hall–Kier alpha value is -0.790. The van der Waals surface area contributed by atoms with Crippen molar-refractivity contribution < 1.29 is 0 Å². The summed E-state index contributed by atoms with van der Waals surface area (Å²) in [7, 11) is 0. The summed E-state index contributed by atoms with van der Waals surface area (Å²) >= 11 is 0. The van der Waals surface area contributed by atoms with Crippen molar-refractivity contribution in [3.8, 4) is 0 Å². The molecule has 1 rings (SSSR count). The average molecular weight is 250 g/mol. The molecule has 104 valence electrons. The van der Waals surface area contributed by atoms with Crippen molar-refractivity contribution in [2.75, 3.05) is 0 Å². The van der Waals surface area contributed by atoms with Crippen LogP contribution in [-0.2, 0) is 16.4 Å². The van der Waals surface area contributed by atoms with Crippen LogP contribution in [0.4, 0.5) is 0 Å². The Labute approximate surface area is 113 Å². The molecule has 0 fully saturated rings. The molecule has 0 aliphatic rings. The Morgan fingerprint density at radius 1 is 0.778 bits per heavy atom. The van der Waals surface area contributed by atoms with Crippen molar-refractivity contribution >= 4 is 0 Å². The van der Waals surface area contributed by atoms with Gasteiger partial charge in [-0.2, -0.15) is 5.10 Å². The van der Waals surface area contributed by atoms with Gasteiger partial charge in [0, 0.05) is 16.7 Å². The summed E-state index contributed by atoms with van der Waals surface area (Å²) in [6.45, 7) is 22.4. The van der Waals surface area contributed by atoms with Crippen LogP contribution < -0.4 is 0 Å². The minimum absolute atomic E-state index is 0.0353. The van der Waals surface area contributed by atoms with E-state index < -0.39 is 0 Å². The molecule has 1 heterocycles. The minimum Gasteiger partial charge on any atom is -0.264 e. The molecule has 2 heteroatoms. The second-order valence-electron chi connectivity index (χ2n) is 8.39. The van der Waals surface area contributed by atoms with Gasteiger partial charge in [0.15, 0.2) is 0 Å². The summed E-state index contributed by atoms with van der Waals surface area (Å²) in [5.74, 6) is 0. The molecule has 0 bridgehead atoms. The molecule has 0 aliphatic carbocycles. The van der Waals surface area contributed by atoms with Crippen molar-refractivity contribution in [3.63, 3.8) is 0 Å². The van der Waals surface area contributed by atoms with Crippen LogP contribution in [-0.4, -0.2) is 9.78 Å². The van der Waals surface area contributed by atoms with Gasteiger partial charge in [-0.1, -0.05) is 41.5 Å². The lowest BCUT2D eigenvalue weighted by atomic mass is 9.78. The highest BCUT2D eigenvalue weighted by atomic mass is 15.3. The number of rotatable bonds is 0. The first kappa shape index (κ1) is 15.3. The third kappa shape index (κ3) is 2.78. The van der Waals surface area contributed by atoms with Crippen LogP contribution in [0.25, 0.3) is 0 Å². The van der Waals surface area contributed by atoms with Gasteiger partial charge in [0.1, 0.15) is 0 Å². The Bertz CT molecular complexity index is 431. The molecule has 1 aromatic heterocycles. The van der Waals surface area contributed by atoms with Crippen LogP contribution in [0.1, 0.15) is 79.3 Å². The van der Waals surface area contributed by atoms with Gasteiger partial charge in [-0.05, 0) is 33.1 Å². The van der Waals surface area contributed by atoms with Gasteiger partial charge in [-0.25, -0.2) is 0 Å². The molecule has 0 amide bonds. The summed E-state index contributed by atoms with van der Waals surface area (Å²) in [6.07, 6.45) is 0. The van der Waals surface area contributed by atoms with E-state index in [1.54, 1.807) is 0 Å². The van der Waals surface area contributed by atoms with Gasteiger partial charge in [0.2, 0.25) is 0 Å². The lowest BCUT2D eigenvalue weighted by molar-refractivity contribution is 0.341. The predicted molar refractivity (Wildman–Crippen MR) is 79.4 cm³/mol. The van der Waals surface area contributed by atoms with E-state index in [0.29, 0.717) is 0 Å². The summed E-state index contributed by atoms with van der Waals surface area (Å²) in [6, 6.07) is 0. The molecule has 0 unspecified atom stereocenters. The first-order chi connectivity index (χ1) is 7.76. The van der Waals surface area contributed by atoms with Gasteiger partial charge >= 0.3 is 0 Å². The van der Waals surface area contributed by atoms with Crippen molar-refractivity contribution in [2.24, 2.45) is 0 Å². The summed E-state index contributed by atoms with van der Waals surface area (Å²) in [5.41, 5.74) is 4.21. The van der Waals surface area contributed by atoms with Crippen LogP contribution in [0.3, 0.4) is 0 Å². The largest absolute Gasteiger partial charge is 0.264 e. The fourth-order valence-corrected chi connectivity index (χ4v) is 2.58. The maximum atomic E-state index is 4.94. The van der Waals surface area contributed by atoms with Crippen molar-refractivity contribution in [2.45, 2.75) is 85.6 Å². The topological polar surface area (TPSA) is 17.8 Å². The molecule has 0 radical (unpaired) electrons. The van der Waals surface area contributed by atoms with Gasteiger partial charge in [-0.15, -0.1) is 0 Å². The number of nitrogens with zero attached hydrogens (tertiary/aromatic N) is 2.